The normalized spacial score (nSPS) is 10.6. The van der Waals surface area contributed by atoms with Crippen LogP contribution in [0.2, 0.25) is 5.02 Å². The first-order valence-corrected chi connectivity index (χ1v) is 6.30. The Morgan fingerprint density at radius 3 is 2.65 bits per heavy atom. The predicted molar refractivity (Wildman–Crippen MR) is 69.7 cm³/mol. The van der Waals surface area contributed by atoms with Crippen LogP contribution < -0.4 is 0 Å². The SMILES string of the molecule is Clc1ccc(-n2ncnc2-c2cccs2)cc1. The topological polar surface area (TPSA) is 30.7 Å². The highest BCUT2D eigenvalue weighted by Crippen LogP contribution is 2.24. The van der Waals surface area contributed by atoms with Gasteiger partial charge in [0.2, 0.25) is 0 Å². The third-order valence-electron chi connectivity index (χ3n) is 2.36. The maximum atomic E-state index is 5.87. The fourth-order valence-corrected chi connectivity index (χ4v) is 2.42. The van der Waals surface area contributed by atoms with E-state index in [9.17, 15) is 0 Å². The maximum Gasteiger partial charge on any atom is 0.173 e. The van der Waals surface area contributed by atoms with Crippen LogP contribution in [0.4, 0.5) is 0 Å². The van der Waals surface area contributed by atoms with E-state index in [1.165, 1.54) is 0 Å². The minimum absolute atomic E-state index is 0.714. The zero-order chi connectivity index (χ0) is 11.7. The van der Waals surface area contributed by atoms with Crippen molar-refractivity contribution in [2.24, 2.45) is 0 Å². The van der Waals surface area contributed by atoms with Crippen LogP contribution in [0, 0.1) is 0 Å². The van der Waals surface area contributed by atoms with Crippen molar-refractivity contribution in [3.05, 3.63) is 53.1 Å². The van der Waals surface area contributed by atoms with Gasteiger partial charge in [-0.1, -0.05) is 17.7 Å². The molecule has 5 heteroatoms. The first-order chi connectivity index (χ1) is 8.34. The van der Waals surface area contributed by atoms with E-state index in [4.69, 9.17) is 11.6 Å². The molecule has 3 nitrogen and oxygen atoms in total. The van der Waals surface area contributed by atoms with Crippen LogP contribution in [-0.4, -0.2) is 14.8 Å². The Kier molecular flexibility index (Phi) is 2.66. The molecular weight excluding hydrogens is 254 g/mol. The van der Waals surface area contributed by atoms with Gasteiger partial charge in [-0.05, 0) is 35.7 Å². The summed E-state index contributed by atoms with van der Waals surface area (Å²) in [6.07, 6.45) is 1.56. The van der Waals surface area contributed by atoms with E-state index in [0.29, 0.717) is 5.02 Å². The molecule has 0 bridgehead atoms. The molecule has 0 unspecified atom stereocenters. The summed E-state index contributed by atoms with van der Waals surface area (Å²) in [6, 6.07) is 11.6. The van der Waals surface area contributed by atoms with Gasteiger partial charge in [-0.3, -0.25) is 0 Å². The lowest BCUT2D eigenvalue weighted by molar-refractivity contribution is 0.889. The minimum atomic E-state index is 0.714. The highest BCUT2D eigenvalue weighted by Gasteiger charge is 2.09. The fraction of sp³-hybridized carbons (Fsp3) is 0. The Bertz CT molecular complexity index is 614. The van der Waals surface area contributed by atoms with Crippen molar-refractivity contribution in [1.82, 2.24) is 14.8 Å². The number of thiophene rings is 1. The van der Waals surface area contributed by atoms with E-state index in [1.54, 1.807) is 17.7 Å². The molecule has 2 heterocycles. The van der Waals surface area contributed by atoms with Gasteiger partial charge in [-0.15, -0.1) is 11.3 Å². The van der Waals surface area contributed by atoms with E-state index in [0.717, 1.165) is 16.4 Å². The Labute approximate surface area is 107 Å². The summed E-state index contributed by atoms with van der Waals surface area (Å²) in [5.74, 6) is 0.849. The Morgan fingerprint density at radius 1 is 1.12 bits per heavy atom. The van der Waals surface area contributed by atoms with E-state index < -0.39 is 0 Å². The van der Waals surface area contributed by atoms with Crippen molar-refractivity contribution in [2.75, 3.05) is 0 Å². The molecule has 0 saturated heterocycles. The van der Waals surface area contributed by atoms with Gasteiger partial charge in [0.25, 0.3) is 0 Å². The Hall–Kier alpha value is -1.65. The second kappa shape index (κ2) is 4.31. The van der Waals surface area contributed by atoms with E-state index in [-0.39, 0.29) is 0 Å². The quantitative estimate of drug-likeness (QED) is 0.705. The second-order valence-electron chi connectivity index (χ2n) is 3.45. The molecular formula is C12H8ClN3S. The highest BCUT2D eigenvalue weighted by molar-refractivity contribution is 7.13. The van der Waals surface area contributed by atoms with Crippen LogP contribution in [0.15, 0.2) is 48.1 Å². The number of hydrogen-bond donors (Lipinski definition) is 0. The number of halogens is 1. The lowest BCUT2D eigenvalue weighted by Gasteiger charge is -2.04. The van der Waals surface area contributed by atoms with Crippen LogP contribution in [0.25, 0.3) is 16.4 Å². The number of hydrogen-bond acceptors (Lipinski definition) is 3. The molecule has 0 N–H and O–H groups in total. The van der Waals surface area contributed by atoms with Gasteiger partial charge in [0, 0.05) is 5.02 Å². The zero-order valence-corrected chi connectivity index (χ0v) is 10.3. The van der Waals surface area contributed by atoms with E-state index in [2.05, 4.69) is 10.1 Å². The standard InChI is InChI=1S/C12H8ClN3S/c13-9-3-5-10(6-4-9)16-12(14-8-15-16)11-2-1-7-17-11/h1-8H. The van der Waals surface area contributed by atoms with Crippen LogP contribution in [0.3, 0.4) is 0 Å². The molecule has 0 atom stereocenters. The van der Waals surface area contributed by atoms with Gasteiger partial charge >= 0.3 is 0 Å². The van der Waals surface area contributed by atoms with E-state index >= 15 is 0 Å². The summed E-state index contributed by atoms with van der Waals surface area (Å²) in [7, 11) is 0. The molecule has 0 saturated carbocycles. The predicted octanol–water partition coefficient (Wildman–Crippen LogP) is 3.65. The van der Waals surface area contributed by atoms with Crippen molar-refractivity contribution >= 4 is 22.9 Å². The number of aromatic nitrogens is 3. The first-order valence-electron chi connectivity index (χ1n) is 5.04. The van der Waals surface area contributed by atoms with Crippen molar-refractivity contribution in [1.29, 1.82) is 0 Å². The maximum absolute atomic E-state index is 5.87. The van der Waals surface area contributed by atoms with Crippen LogP contribution in [0.1, 0.15) is 0 Å². The first kappa shape index (κ1) is 10.5. The fourth-order valence-electron chi connectivity index (χ4n) is 1.59. The lowest BCUT2D eigenvalue weighted by Crippen LogP contribution is -1.98. The molecule has 0 spiro atoms. The largest absolute Gasteiger partial charge is 0.214 e. The van der Waals surface area contributed by atoms with Crippen LogP contribution >= 0.6 is 22.9 Å². The van der Waals surface area contributed by atoms with Gasteiger partial charge in [0.1, 0.15) is 6.33 Å². The zero-order valence-electron chi connectivity index (χ0n) is 8.75. The number of nitrogens with zero attached hydrogens (tertiary/aromatic N) is 3. The van der Waals surface area contributed by atoms with Crippen molar-refractivity contribution in [3.63, 3.8) is 0 Å². The molecule has 84 valence electrons. The summed E-state index contributed by atoms with van der Waals surface area (Å²) in [5.41, 5.74) is 0.954. The summed E-state index contributed by atoms with van der Waals surface area (Å²) in [6.45, 7) is 0. The third kappa shape index (κ3) is 1.97. The van der Waals surface area contributed by atoms with Gasteiger partial charge in [-0.25, -0.2) is 9.67 Å². The highest BCUT2D eigenvalue weighted by atomic mass is 35.5. The average molecular weight is 262 g/mol. The molecule has 3 aromatic rings. The molecule has 2 aromatic heterocycles. The van der Waals surface area contributed by atoms with Gasteiger partial charge in [0.05, 0.1) is 10.6 Å². The van der Waals surface area contributed by atoms with Crippen molar-refractivity contribution in [3.8, 4) is 16.4 Å². The summed E-state index contributed by atoms with van der Waals surface area (Å²) < 4.78 is 1.81. The molecule has 0 aliphatic heterocycles. The molecule has 0 radical (unpaired) electrons. The van der Waals surface area contributed by atoms with Gasteiger partial charge in [0.15, 0.2) is 5.82 Å². The number of rotatable bonds is 2. The van der Waals surface area contributed by atoms with Crippen LogP contribution in [0.5, 0.6) is 0 Å². The lowest BCUT2D eigenvalue weighted by atomic mass is 10.3. The summed E-state index contributed by atoms with van der Waals surface area (Å²) in [5, 5.41) is 6.98. The smallest absolute Gasteiger partial charge is 0.173 e. The monoisotopic (exact) mass is 261 g/mol. The van der Waals surface area contributed by atoms with Crippen LogP contribution in [-0.2, 0) is 0 Å². The van der Waals surface area contributed by atoms with Gasteiger partial charge in [-0.2, -0.15) is 5.10 Å². The molecule has 0 amide bonds. The second-order valence-corrected chi connectivity index (χ2v) is 4.83. The molecule has 0 fully saturated rings. The van der Waals surface area contributed by atoms with Gasteiger partial charge < -0.3 is 0 Å². The Balaban J connectivity index is 2.10. The molecule has 1 aromatic carbocycles. The average Bonchev–Trinajstić information content (AvgIpc) is 3.00. The summed E-state index contributed by atoms with van der Waals surface area (Å²) >= 11 is 7.51. The molecule has 0 aliphatic carbocycles. The molecule has 17 heavy (non-hydrogen) atoms. The van der Waals surface area contributed by atoms with E-state index in [1.807, 2.05) is 46.5 Å². The molecule has 0 aliphatic rings. The molecule has 3 rings (SSSR count). The third-order valence-corrected chi connectivity index (χ3v) is 3.48. The van der Waals surface area contributed by atoms with Crippen molar-refractivity contribution < 1.29 is 0 Å². The Morgan fingerprint density at radius 2 is 1.94 bits per heavy atom. The summed E-state index contributed by atoms with van der Waals surface area (Å²) in [4.78, 5) is 5.38. The minimum Gasteiger partial charge on any atom is -0.214 e. The van der Waals surface area contributed by atoms with Crippen molar-refractivity contribution in [2.45, 2.75) is 0 Å². The number of benzene rings is 1.